The Labute approximate surface area is 157 Å². The third-order valence-corrected chi connectivity index (χ3v) is 3.82. The molecule has 0 atom stereocenters. The number of benzene rings is 1. The van der Waals surface area contributed by atoms with Crippen LogP contribution in [0.5, 0.6) is 5.75 Å². The Morgan fingerprint density at radius 3 is 2.80 bits per heavy atom. The summed E-state index contributed by atoms with van der Waals surface area (Å²) >= 11 is 11.8. The number of hydrogen-bond donors (Lipinski definition) is 2. The largest absolute Gasteiger partial charge is 0.496 e. The van der Waals surface area contributed by atoms with Crippen molar-refractivity contribution in [2.45, 2.75) is 6.92 Å². The topological polar surface area (TPSA) is 63.2 Å². The van der Waals surface area contributed by atoms with Crippen LogP contribution in [0.4, 0.5) is 5.82 Å². The molecule has 0 unspecified atom stereocenters. The molecule has 1 heterocycles. The van der Waals surface area contributed by atoms with Gasteiger partial charge < -0.3 is 15.4 Å². The minimum atomic E-state index is -0.194. The highest BCUT2D eigenvalue weighted by atomic mass is 35.5. The van der Waals surface area contributed by atoms with Crippen LogP contribution in [0.25, 0.3) is 6.08 Å². The summed E-state index contributed by atoms with van der Waals surface area (Å²) in [5, 5.41) is 6.72. The molecule has 2 rings (SSSR count). The van der Waals surface area contributed by atoms with Gasteiger partial charge in [0.1, 0.15) is 11.6 Å². The summed E-state index contributed by atoms with van der Waals surface area (Å²) in [7, 11) is 1.60. The van der Waals surface area contributed by atoms with E-state index < -0.39 is 0 Å². The van der Waals surface area contributed by atoms with Gasteiger partial charge in [-0.05, 0) is 31.2 Å². The van der Waals surface area contributed by atoms with Crippen LogP contribution < -0.4 is 15.4 Å². The molecule has 2 aromatic rings. The van der Waals surface area contributed by atoms with Gasteiger partial charge in [0.2, 0.25) is 5.91 Å². The number of carbonyl (C=O) groups is 1. The molecule has 1 amide bonds. The Bertz CT molecular complexity index is 779. The van der Waals surface area contributed by atoms with Crippen LogP contribution in [-0.4, -0.2) is 31.1 Å². The molecule has 0 saturated heterocycles. The third kappa shape index (κ3) is 5.96. The summed E-state index contributed by atoms with van der Waals surface area (Å²) in [5.41, 5.74) is 1.95. The summed E-state index contributed by atoms with van der Waals surface area (Å²) < 4.78 is 5.28. The average molecular weight is 380 g/mol. The zero-order chi connectivity index (χ0) is 18.2. The highest BCUT2D eigenvalue weighted by Gasteiger charge is 2.03. The van der Waals surface area contributed by atoms with Crippen molar-refractivity contribution in [3.8, 4) is 5.75 Å². The Balaban J connectivity index is 1.82. The van der Waals surface area contributed by atoms with Gasteiger partial charge in [0, 0.05) is 30.9 Å². The van der Waals surface area contributed by atoms with Gasteiger partial charge in [-0.3, -0.25) is 4.79 Å². The lowest BCUT2D eigenvalue weighted by Crippen LogP contribution is -2.27. The van der Waals surface area contributed by atoms with Crippen molar-refractivity contribution in [2.24, 2.45) is 0 Å². The lowest BCUT2D eigenvalue weighted by molar-refractivity contribution is -0.116. The van der Waals surface area contributed by atoms with Gasteiger partial charge in [0.05, 0.1) is 17.2 Å². The fraction of sp³-hybridized carbons (Fsp3) is 0.222. The maximum Gasteiger partial charge on any atom is 0.244 e. The van der Waals surface area contributed by atoms with E-state index in [1.54, 1.807) is 19.3 Å². The first kappa shape index (κ1) is 19.1. The Morgan fingerprint density at radius 2 is 2.08 bits per heavy atom. The minimum absolute atomic E-state index is 0.194. The van der Waals surface area contributed by atoms with E-state index in [2.05, 4.69) is 15.6 Å². The highest BCUT2D eigenvalue weighted by molar-refractivity contribution is 6.35. The smallest absolute Gasteiger partial charge is 0.244 e. The number of amides is 1. The van der Waals surface area contributed by atoms with Crippen LogP contribution in [0, 0.1) is 6.92 Å². The Kier molecular flexibility index (Phi) is 7.10. The molecule has 0 aliphatic heterocycles. The zero-order valence-electron chi connectivity index (χ0n) is 14.0. The molecule has 5 nitrogen and oxygen atoms in total. The van der Waals surface area contributed by atoms with E-state index in [1.165, 1.54) is 12.3 Å². The Morgan fingerprint density at radius 1 is 1.28 bits per heavy atom. The summed E-state index contributed by atoms with van der Waals surface area (Å²) in [6, 6.07) is 7.39. The van der Waals surface area contributed by atoms with Crippen molar-refractivity contribution >= 4 is 41.0 Å². The van der Waals surface area contributed by atoms with E-state index in [0.29, 0.717) is 29.0 Å². The summed E-state index contributed by atoms with van der Waals surface area (Å²) in [4.78, 5) is 16.0. The third-order valence-electron chi connectivity index (χ3n) is 3.32. The first-order chi connectivity index (χ1) is 12.0. The van der Waals surface area contributed by atoms with E-state index in [4.69, 9.17) is 27.9 Å². The van der Waals surface area contributed by atoms with Crippen molar-refractivity contribution in [1.29, 1.82) is 0 Å². The number of methoxy groups -OCH3 is 1. The van der Waals surface area contributed by atoms with Crippen molar-refractivity contribution in [1.82, 2.24) is 10.3 Å². The monoisotopic (exact) mass is 379 g/mol. The number of carbonyl (C=O) groups excluding carboxylic acids is 1. The quantitative estimate of drug-likeness (QED) is 0.564. The molecule has 1 aromatic heterocycles. The molecule has 25 heavy (non-hydrogen) atoms. The number of nitrogens with one attached hydrogen (secondary N) is 2. The molecule has 0 radical (unpaired) electrons. The molecular weight excluding hydrogens is 361 g/mol. The number of rotatable bonds is 7. The molecule has 2 N–H and O–H groups in total. The number of hydrogen-bond acceptors (Lipinski definition) is 4. The molecular formula is C18H19Cl2N3O2. The van der Waals surface area contributed by atoms with Gasteiger partial charge >= 0.3 is 0 Å². The van der Waals surface area contributed by atoms with Crippen LogP contribution in [0.15, 0.2) is 36.5 Å². The van der Waals surface area contributed by atoms with Crippen molar-refractivity contribution in [3.63, 3.8) is 0 Å². The highest BCUT2D eigenvalue weighted by Crippen LogP contribution is 2.22. The van der Waals surface area contributed by atoms with Crippen LogP contribution in [0.3, 0.4) is 0 Å². The minimum Gasteiger partial charge on any atom is -0.496 e. The molecule has 0 aliphatic carbocycles. The zero-order valence-corrected chi connectivity index (χ0v) is 15.5. The van der Waals surface area contributed by atoms with Crippen LogP contribution in [0.1, 0.15) is 11.1 Å². The number of ether oxygens (including phenoxy) is 1. The van der Waals surface area contributed by atoms with E-state index in [0.717, 1.165) is 16.9 Å². The van der Waals surface area contributed by atoms with E-state index in [1.807, 2.05) is 25.1 Å². The second kappa shape index (κ2) is 9.30. The summed E-state index contributed by atoms with van der Waals surface area (Å²) in [6.45, 7) is 2.90. The molecule has 7 heteroatoms. The maximum absolute atomic E-state index is 11.9. The number of halogens is 2. The first-order valence-electron chi connectivity index (χ1n) is 7.65. The number of aromatic nitrogens is 1. The molecule has 0 bridgehead atoms. The van der Waals surface area contributed by atoms with E-state index >= 15 is 0 Å². The fourth-order valence-corrected chi connectivity index (χ4v) is 2.57. The molecule has 0 spiro atoms. The van der Waals surface area contributed by atoms with Crippen molar-refractivity contribution < 1.29 is 9.53 Å². The second-order valence-corrected chi connectivity index (χ2v) is 6.12. The van der Waals surface area contributed by atoms with Crippen molar-refractivity contribution in [2.75, 3.05) is 25.5 Å². The normalized spacial score (nSPS) is 10.7. The number of anilines is 1. The predicted octanol–water partition coefficient (Wildman–Crippen LogP) is 3.95. The predicted molar refractivity (Wildman–Crippen MR) is 103 cm³/mol. The van der Waals surface area contributed by atoms with Crippen molar-refractivity contribution in [3.05, 3.63) is 57.7 Å². The standard InChI is InChI=1S/C18H19Cl2N3O2/c1-12-3-5-16(25-2)13(9-12)4-6-17(24)21-7-8-22-18-15(20)10-14(19)11-23-18/h3-6,9-11H,7-8H2,1-2H3,(H,21,24)(H,22,23). The van der Waals surface area contributed by atoms with Crippen LogP contribution in [-0.2, 0) is 4.79 Å². The molecule has 0 saturated carbocycles. The average Bonchev–Trinajstić information content (AvgIpc) is 2.58. The number of aryl methyl sites for hydroxylation is 1. The van der Waals surface area contributed by atoms with Gasteiger partial charge in [0.15, 0.2) is 0 Å². The van der Waals surface area contributed by atoms with Gasteiger partial charge in [-0.25, -0.2) is 4.98 Å². The molecule has 0 aliphatic rings. The molecule has 0 fully saturated rings. The Hall–Kier alpha value is -2.24. The van der Waals surface area contributed by atoms with Gasteiger partial charge in [-0.15, -0.1) is 0 Å². The second-order valence-electron chi connectivity index (χ2n) is 5.28. The van der Waals surface area contributed by atoms with E-state index in [-0.39, 0.29) is 5.91 Å². The van der Waals surface area contributed by atoms with E-state index in [9.17, 15) is 4.79 Å². The summed E-state index contributed by atoms with van der Waals surface area (Å²) in [6.07, 6.45) is 4.71. The number of nitrogens with zero attached hydrogens (tertiary/aromatic N) is 1. The van der Waals surface area contributed by atoms with Crippen LogP contribution in [0.2, 0.25) is 10.0 Å². The number of pyridine rings is 1. The first-order valence-corrected chi connectivity index (χ1v) is 8.40. The molecule has 1 aromatic carbocycles. The lowest BCUT2D eigenvalue weighted by Gasteiger charge is -2.08. The fourth-order valence-electron chi connectivity index (χ4n) is 2.12. The molecule has 132 valence electrons. The summed E-state index contributed by atoms with van der Waals surface area (Å²) in [5.74, 6) is 1.06. The van der Waals surface area contributed by atoms with Crippen LogP contribution >= 0.6 is 23.2 Å². The lowest BCUT2D eigenvalue weighted by atomic mass is 10.1. The SMILES string of the molecule is COc1ccc(C)cc1C=CC(=O)NCCNc1ncc(Cl)cc1Cl. The van der Waals surface area contributed by atoms with Gasteiger partial charge in [0.25, 0.3) is 0 Å². The maximum atomic E-state index is 11.9. The van der Waals surface area contributed by atoms with Gasteiger partial charge in [-0.1, -0.05) is 34.8 Å². The van der Waals surface area contributed by atoms with Gasteiger partial charge in [-0.2, -0.15) is 0 Å².